The van der Waals surface area contributed by atoms with Crippen LogP contribution in [0, 0.1) is 0 Å². The second-order valence-corrected chi connectivity index (χ2v) is 11.8. The molecular formula is C26H30F3N3O4S. The van der Waals surface area contributed by atoms with Gasteiger partial charge in [-0.15, -0.1) is 0 Å². The molecule has 2 aliphatic rings. The van der Waals surface area contributed by atoms with E-state index in [0.717, 1.165) is 49.4 Å². The van der Waals surface area contributed by atoms with Gasteiger partial charge in [-0.25, -0.2) is 8.42 Å². The highest BCUT2D eigenvalue weighted by molar-refractivity contribution is 7.90. The fourth-order valence-corrected chi connectivity index (χ4v) is 5.67. The van der Waals surface area contributed by atoms with Crippen molar-refractivity contribution in [2.75, 3.05) is 25.9 Å². The topological polar surface area (TPSA) is 95.6 Å². The zero-order valence-corrected chi connectivity index (χ0v) is 21.2. The quantitative estimate of drug-likeness (QED) is 0.565. The first-order chi connectivity index (χ1) is 17.4. The van der Waals surface area contributed by atoms with Crippen molar-refractivity contribution >= 4 is 21.7 Å². The van der Waals surface area contributed by atoms with Gasteiger partial charge < -0.3 is 10.6 Å². The van der Waals surface area contributed by atoms with Crippen LogP contribution in [0.2, 0.25) is 0 Å². The molecule has 11 heteroatoms. The summed E-state index contributed by atoms with van der Waals surface area (Å²) in [6, 6.07) is 11.6. The minimum Gasteiger partial charge on any atom is -0.349 e. The Hall–Kier alpha value is -2.92. The Morgan fingerprint density at radius 3 is 2.24 bits per heavy atom. The van der Waals surface area contributed by atoms with Crippen LogP contribution in [0.25, 0.3) is 0 Å². The largest absolute Gasteiger partial charge is 0.416 e. The van der Waals surface area contributed by atoms with Crippen LogP contribution in [0.15, 0.2) is 53.4 Å². The van der Waals surface area contributed by atoms with Gasteiger partial charge in [0.2, 0.25) is 5.91 Å². The Bertz CT molecular complexity index is 1230. The number of halogens is 3. The van der Waals surface area contributed by atoms with Crippen molar-refractivity contribution in [2.24, 2.45) is 0 Å². The molecule has 1 saturated carbocycles. The summed E-state index contributed by atoms with van der Waals surface area (Å²) in [6.45, 7) is 1.12. The Morgan fingerprint density at radius 2 is 1.65 bits per heavy atom. The van der Waals surface area contributed by atoms with Crippen molar-refractivity contribution < 1.29 is 31.2 Å². The lowest BCUT2D eigenvalue weighted by Crippen LogP contribution is -2.63. The van der Waals surface area contributed by atoms with Gasteiger partial charge in [-0.2, -0.15) is 13.2 Å². The highest BCUT2D eigenvalue weighted by Crippen LogP contribution is 2.36. The number of nitrogens with one attached hydrogen (secondary N) is 2. The molecule has 2 fully saturated rings. The van der Waals surface area contributed by atoms with E-state index in [9.17, 15) is 31.2 Å². The number of amides is 2. The minimum absolute atomic E-state index is 0.0285. The van der Waals surface area contributed by atoms with Crippen molar-refractivity contribution in [3.05, 3.63) is 65.2 Å². The van der Waals surface area contributed by atoms with E-state index >= 15 is 0 Å². The fourth-order valence-electron chi connectivity index (χ4n) is 5.04. The molecule has 0 atom stereocenters. The van der Waals surface area contributed by atoms with Crippen molar-refractivity contribution in [1.29, 1.82) is 0 Å². The first kappa shape index (κ1) is 27.1. The van der Waals surface area contributed by atoms with E-state index in [1.54, 1.807) is 12.1 Å². The molecule has 2 N–H and O–H groups in total. The van der Waals surface area contributed by atoms with Crippen LogP contribution in [0.1, 0.15) is 53.1 Å². The van der Waals surface area contributed by atoms with E-state index in [-0.39, 0.29) is 24.1 Å². The maximum atomic E-state index is 12.8. The van der Waals surface area contributed by atoms with Gasteiger partial charge in [-0.05, 0) is 67.5 Å². The van der Waals surface area contributed by atoms with Crippen LogP contribution in [0.5, 0.6) is 0 Å². The van der Waals surface area contributed by atoms with Crippen LogP contribution in [-0.4, -0.2) is 63.1 Å². The van der Waals surface area contributed by atoms with Gasteiger partial charge in [0.15, 0.2) is 9.84 Å². The van der Waals surface area contributed by atoms with Crippen molar-refractivity contribution in [1.82, 2.24) is 15.5 Å². The van der Waals surface area contributed by atoms with E-state index < -0.39 is 27.5 Å². The molecule has 4 rings (SSSR count). The normalized spacial score (nSPS) is 21.2. The van der Waals surface area contributed by atoms with E-state index in [1.165, 1.54) is 12.3 Å². The molecule has 1 aliphatic heterocycles. The Kier molecular flexibility index (Phi) is 7.94. The molecule has 0 unspecified atom stereocenters. The Morgan fingerprint density at radius 1 is 1.00 bits per heavy atom. The van der Waals surface area contributed by atoms with E-state index in [2.05, 4.69) is 15.5 Å². The maximum absolute atomic E-state index is 12.8. The summed E-state index contributed by atoms with van der Waals surface area (Å²) in [5.41, 5.74) is 0.0872. The summed E-state index contributed by atoms with van der Waals surface area (Å²) in [7, 11) is -3.20. The van der Waals surface area contributed by atoms with E-state index in [0.29, 0.717) is 29.9 Å². The smallest absolute Gasteiger partial charge is 0.349 e. The van der Waals surface area contributed by atoms with Crippen LogP contribution < -0.4 is 10.6 Å². The van der Waals surface area contributed by atoms with Gasteiger partial charge in [-0.3, -0.25) is 14.5 Å². The fraction of sp³-hybridized carbons (Fsp3) is 0.462. The van der Waals surface area contributed by atoms with Crippen LogP contribution in [-0.2, 0) is 20.8 Å². The van der Waals surface area contributed by atoms with Gasteiger partial charge >= 0.3 is 6.18 Å². The molecular weight excluding hydrogens is 507 g/mol. The average Bonchev–Trinajstić information content (AvgIpc) is 2.84. The molecule has 0 aromatic heterocycles. The molecule has 200 valence electrons. The maximum Gasteiger partial charge on any atom is 0.416 e. The molecule has 2 aromatic carbocycles. The van der Waals surface area contributed by atoms with Gasteiger partial charge in [0.05, 0.1) is 23.0 Å². The first-order valence-corrected chi connectivity index (χ1v) is 14.1. The molecule has 1 aliphatic carbocycles. The van der Waals surface area contributed by atoms with Crippen LogP contribution >= 0.6 is 0 Å². The number of rotatable bonds is 7. The lowest BCUT2D eigenvalue weighted by Gasteiger charge is -2.46. The number of alkyl halides is 3. The van der Waals surface area contributed by atoms with E-state index in [4.69, 9.17) is 0 Å². The average molecular weight is 538 g/mol. The third kappa shape index (κ3) is 6.89. The Labute approximate surface area is 214 Å². The molecule has 7 nitrogen and oxygen atoms in total. The highest BCUT2D eigenvalue weighted by atomic mass is 32.2. The van der Waals surface area contributed by atoms with E-state index in [1.807, 2.05) is 12.1 Å². The first-order valence-electron chi connectivity index (χ1n) is 12.2. The molecule has 0 radical (unpaired) electrons. The number of likely N-dealkylation sites (tertiary alicyclic amines) is 1. The zero-order chi connectivity index (χ0) is 26.8. The zero-order valence-electron chi connectivity index (χ0n) is 20.4. The monoisotopic (exact) mass is 537 g/mol. The highest BCUT2D eigenvalue weighted by Gasteiger charge is 2.35. The van der Waals surface area contributed by atoms with Crippen molar-refractivity contribution in [2.45, 2.75) is 54.8 Å². The van der Waals surface area contributed by atoms with Crippen LogP contribution in [0.3, 0.4) is 0 Å². The number of benzene rings is 2. The van der Waals surface area contributed by atoms with Crippen LogP contribution in [0.4, 0.5) is 13.2 Å². The number of hydrogen-bond donors (Lipinski definition) is 2. The van der Waals surface area contributed by atoms with Gasteiger partial charge in [0.25, 0.3) is 5.91 Å². The molecule has 1 heterocycles. The van der Waals surface area contributed by atoms with Gasteiger partial charge in [0.1, 0.15) is 0 Å². The predicted molar refractivity (Wildman–Crippen MR) is 132 cm³/mol. The second kappa shape index (κ2) is 10.8. The number of hydrogen-bond acceptors (Lipinski definition) is 5. The second-order valence-electron chi connectivity index (χ2n) is 9.83. The lowest BCUT2D eigenvalue weighted by atomic mass is 9.80. The summed E-state index contributed by atoms with van der Waals surface area (Å²) in [6.07, 6.45) is 0.718. The minimum atomic E-state index is -4.55. The van der Waals surface area contributed by atoms with Crippen molar-refractivity contribution in [3.8, 4) is 0 Å². The number of sulfone groups is 1. The summed E-state index contributed by atoms with van der Waals surface area (Å²) in [5.74, 6) is -0.715. The molecule has 2 aromatic rings. The molecule has 0 bridgehead atoms. The molecule has 1 saturated heterocycles. The third-order valence-electron chi connectivity index (χ3n) is 7.13. The van der Waals surface area contributed by atoms with Gasteiger partial charge in [-0.1, -0.05) is 18.2 Å². The molecule has 0 spiro atoms. The SMILES string of the molecule is CS(=O)(=O)c1ccc([C@H]2CC[C@@H](N3CC(NC(=O)CNC(=O)c4cccc(C(F)(F)F)c4)C3)CC2)cc1. The summed E-state index contributed by atoms with van der Waals surface area (Å²) in [5, 5.41) is 5.23. The number of carbonyl (C=O) groups is 2. The van der Waals surface area contributed by atoms with Crippen molar-refractivity contribution in [3.63, 3.8) is 0 Å². The number of carbonyl (C=O) groups excluding carboxylic acids is 2. The third-order valence-corrected chi connectivity index (χ3v) is 8.26. The molecule has 37 heavy (non-hydrogen) atoms. The van der Waals surface area contributed by atoms with Gasteiger partial charge in [0, 0.05) is 31.0 Å². The lowest BCUT2D eigenvalue weighted by molar-refractivity contribution is -0.137. The standard InChI is InChI=1S/C26H30F3N3O4S/c1-37(35,36)23-11-7-18(8-12-23)17-5-9-22(10-6-17)32-15-21(16-32)31-24(33)14-30-25(34)19-3-2-4-20(13-19)26(27,28)29/h2-4,7-8,11-13,17,21-22H,5-6,9-10,14-16H2,1H3,(H,30,34)(H,31,33)/t17-,22+. The molecule has 2 amide bonds. The summed E-state index contributed by atoms with van der Waals surface area (Å²) in [4.78, 5) is 27.0. The summed E-state index contributed by atoms with van der Waals surface area (Å²) >= 11 is 0. The summed E-state index contributed by atoms with van der Waals surface area (Å²) < 4.78 is 61.8. The Balaban J connectivity index is 1.16. The predicted octanol–water partition coefficient (Wildman–Crippen LogP) is 3.37. The number of nitrogens with zero attached hydrogens (tertiary/aromatic N) is 1.